The fraction of sp³-hybridized carbons (Fsp3) is 0.375. The van der Waals surface area contributed by atoms with Crippen LogP contribution in [0, 0.1) is 5.92 Å². The van der Waals surface area contributed by atoms with Crippen molar-refractivity contribution in [1.82, 2.24) is 0 Å². The number of para-hydroxylation sites is 1. The normalized spacial score (nSPS) is 14.4. The van der Waals surface area contributed by atoms with E-state index in [2.05, 4.69) is 36.7 Å². The van der Waals surface area contributed by atoms with Gasteiger partial charge >= 0.3 is 0 Å². The Labute approximate surface area is 119 Å². The van der Waals surface area contributed by atoms with Crippen LogP contribution in [0.1, 0.15) is 43.4 Å². The Hall–Kier alpha value is -1.32. The molecule has 0 radical (unpaired) electrons. The van der Waals surface area contributed by atoms with Gasteiger partial charge in [-0.1, -0.05) is 38.1 Å². The van der Waals surface area contributed by atoms with E-state index in [-0.39, 0.29) is 6.04 Å². The van der Waals surface area contributed by atoms with Crippen LogP contribution in [0.2, 0.25) is 0 Å². The van der Waals surface area contributed by atoms with Gasteiger partial charge in [-0.2, -0.15) is 0 Å². The standard InChI is InChI=1S/C16H21NOS/c1-11(2)16(15-9-6-10-19-15)17-14-8-5-4-7-13(14)12(3)18/h4-12,16-18H,1-3H3. The molecule has 0 saturated carbocycles. The first-order chi connectivity index (χ1) is 9.09. The number of hydrogen-bond donors (Lipinski definition) is 2. The molecule has 1 heterocycles. The van der Waals surface area contributed by atoms with E-state index in [4.69, 9.17) is 0 Å². The van der Waals surface area contributed by atoms with E-state index in [0.29, 0.717) is 5.92 Å². The number of anilines is 1. The molecule has 2 atom stereocenters. The maximum absolute atomic E-state index is 9.85. The quantitative estimate of drug-likeness (QED) is 0.835. The smallest absolute Gasteiger partial charge is 0.0781 e. The highest BCUT2D eigenvalue weighted by Crippen LogP contribution is 2.32. The lowest BCUT2D eigenvalue weighted by Gasteiger charge is -2.24. The van der Waals surface area contributed by atoms with Crippen LogP contribution < -0.4 is 5.32 Å². The van der Waals surface area contributed by atoms with Crippen LogP contribution >= 0.6 is 11.3 Å². The predicted molar refractivity (Wildman–Crippen MR) is 82.6 cm³/mol. The van der Waals surface area contributed by atoms with Crippen molar-refractivity contribution in [3.8, 4) is 0 Å². The summed E-state index contributed by atoms with van der Waals surface area (Å²) >= 11 is 1.77. The molecule has 2 unspecified atom stereocenters. The van der Waals surface area contributed by atoms with Gasteiger partial charge in [-0.15, -0.1) is 11.3 Å². The number of benzene rings is 1. The lowest BCUT2D eigenvalue weighted by atomic mass is 10.0. The first kappa shape index (κ1) is 14.1. The van der Waals surface area contributed by atoms with Gasteiger partial charge in [0.2, 0.25) is 0 Å². The van der Waals surface area contributed by atoms with E-state index >= 15 is 0 Å². The zero-order chi connectivity index (χ0) is 13.8. The molecule has 1 aromatic heterocycles. The highest BCUT2D eigenvalue weighted by molar-refractivity contribution is 7.10. The van der Waals surface area contributed by atoms with E-state index in [9.17, 15) is 5.11 Å². The van der Waals surface area contributed by atoms with Crippen molar-refractivity contribution in [3.05, 3.63) is 52.2 Å². The van der Waals surface area contributed by atoms with E-state index in [1.54, 1.807) is 18.3 Å². The Kier molecular flexibility index (Phi) is 4.61. The Bertz CT molecular complexity index is 505. The number of hydrogen-bond acceptors (Lipinski definition) is 3. The molecule has 2 N–H and O–H groups in total. The van der Waals surface area contributed by atoms with E-state index in [0.717, 1.165) is 11.3 Å². The number of thiophene rings is 1. The molecule has 102 valence electrons. The highest BCUT2D eigenvalue weighted by Gasteiger charge is 2.18. The highest BCUT2D eigenvalue weighted by atomic mass is 32.1. The number of aliphatic hydroxyl groups is 1. The number of aliphatic hydroxyl groups excluding tert-OH is 1. The van der Waals surface area contributed by atoms with Crippen molar-refractivity contribution in [2.75, 3.05) is 5.32 Å². The molecule has 3 heteroatoms. The van der Waals surface area contributed by atoms with Crippen molar-refractivity contribution in [1.29, 1.82) is 0 Å². The van der Waals surface area contributed by atoms with E-state index < -0.39 is 6.10 Å². The van der Waals surface area contributed by atoms with E-state index in [1.165, 1.54) is 4.88 Å². The third-order valence-corrected chi connectivity index (χ3v) is 4.19. The van der Waals surface area contributed by atoms with Gasteiger partial charge < -0.3 is 10.4 Å². The molecular formula is C16H21NOS. The summed E-state index contributed by atoms with van der Waals surface area (Å²) in [5, 5.41) is 15.5. The third kappa shape index (κ3) is 3.37. The summed E-state index contributed by atoms with van der Waals surface area (Å²) in [5.74, 6) is 0.487. The summed E-state index contributed by atoms with van der Waals surface area (Å²) in [7, 11) is 0. The maximum Gasteiger partial charge on any atom is 0.0781 e. The average molecular weight is 275 g/mol. The van der Waals surface area contributed by atoms with Crippen molar-refractivity contribution in [2.24, 2.45) is 5.92 Å². The molecule has 0 aliphatic carbocycles. The Morgan fingerprint density at radius 1 is 1.05 bits per heavy atom. The molecule has 1 aromatic carbocycles. The Morgan fingerprint density at radius 2 is 1.79 bits per heavy atom. The summed E-state index contributed by atoms with van der Waals surface area (Å²) in [6.45, 7) is 6.22. The molecule has 0 saturated heterocycles. The first-order valence-corrected chi connectivity index (χ1v) is 7.54. The lowest BCUT2D eigenvalue weighted by Crippen LogP contribution is -2.17. The molecule has 0 aliphatic rings. The summed E-state index contributed by atoms with van der Waals surface area (Å²) in [6, 6.07) is 12.5. The summed E-state index contributed by atoms with van der Waals surface area (Å²) in [5.41, 5.74) is 1.97. The SMILES string of the molecule is CC(O)c1ccccc1NC(c1cccs1)C(C)C. The monoisotopic (exact) mass is 275 g/mol. The van der Waals surface area contributed by atoms with Crippen LogP contribution in [0.15, 0.2) is 41.8 Å². The van der Waals surface area contributed by atoms with Crippen molar-refractivity contribution in [2.45, 2.75) is 32.9 Å². The van der Waals surface area contributed by atoms with Gasteiger partial charge in [0.05, 0.1) is 12.1 Å². The lowest BCUT2D eigenvalue weighted by molar-refractivity contribution is 0.200. The second-order valence-electron chi connectivity index (χ2n) is 5.14. The van der Waals surface area contributed by atoms with E-state index in [1.807, 2.05) is 24.3 Å². The van der Waals surface area contributed by atoms with Crippen LogP contribution in [0.4, 0.5) is 5.69 Å². The van der Waals surface area contributed by atoms with Crippen LogP contribution in [-0.2, 0) is 0 Å². The maximum atomic E-state index is 9.85. The molecular weight excluding hydrogens is 254 g/mol. The van der Waals surface area contributed by atoms with Crippen molar-refractivity contribution in [3.63, 3.8) is 0 Å². The van der Waals surface area contributed by atoms with Crippen LogP contribution in [0.25, 0.3) is 0 Å². The van der Waals surface area contributed by atoms with Gasteiger partial charge in [-0.05, 0) is 30.4 Å². The van der Waals surface area contributed by atoms with Gasteiger partial charge in [-0.25, -0.2) is 0 Å². The third-order valence-electron chi connectivity index (χ3n) is 3.24. The zero-order valence-electron chi connectivity index (χ0n) is 11.6. The number of nitrogens with one attached hydrogen (secondary N) is 1. The first-order valence-electron chi connectivity index (χ1n) is 6.66. The summed E-state index contributed by atoms with van der Waals surface area (Å²) in [4.78, 5) is 1.33. The van der Waals surface area contributed by atoms with Gasteiger partial charge in [0.25, 0.3) is 0 Å². The Morgan fingerprint density at radius 3 is 2.37 bits per heavy atom. The average Bonchev–Trinajstić information content (AvgIpc) is 2.89. The fourth-order valence-electron chi connectivity index (χ4n) is 2.19. The second kappa shape index (κ2) is 6.22. The van der Waals surface area contributed by atoms with Crippen LogP contribution in [-0.4, -0.2) is 5.11 Å². The molecule has 0 amide bonds. The molecule has 2 nitrogen and oxygen atoms in total. The van der Waals surface area contributed by atoms with Crippen LogP contribution in [0.5, 0.6) is 0 Å². The summed E-state index contributed by atoms with van der Waals surface area (Å²) < 4.78 is 0. The minimum absolute atomic E-state index is 0.278. The molecule has 0 fully saturated rings. The minimum atomic E-state index is -0.458. The fourth-order valence-corrected chi connectivity index (χ4v) is 3.14. The molecule has 0 spiro atoms. The minimum Gasteiger partial charge on any atom is -0.389 e. The van der Waals surface area contributed by atoms with Gasteiger partial charge in [0, 0.05) is 16.1 Å². The molecule has 0 aliphatic heterocycles. The molecule has 0 bridgehead atoms. The topological polar surface area (TPSA) is 32.3 Å². The van der Waals surface area contributed by atoms with Gasteiger partial charge in [0.15, 0.2) is 0 Å². The van der Waals surface area contributed by atoms with Gasteiger partial charge in [0.1, 0.15) is 0 Å². The largest absolute Gasteiger partial charge is 0.389 e. The van der Waals surface area contributed by atoms with Crippen LogP contribution in [0.3, 0.4) is 0 Å². The summed E-state index contributed by atoms with van der Waals surface area (Å²) in [6.07, 6.45) is -0.458. The Balaban J connectivity index is 2.28. The van der Waals surface area contributed by atoms with Crippen molar-refractivity contribution >= 4 is 17.0 Å². The predicted octanol–water partition coefficient (Wildman–Crippen LogP) is 4.61. The number of rotatable bonds is 5. The molecule has 2 aromatic rings. The molecule has 19 heavy (non-hydrogen) atoms. The van der Waals surface area contributed by atoms with Crippen molar-refractivity contribution < 1.29 is 5.11 Å². The zero-order valence-corrected chi connectivity index (χ0v) is 12.4. The van der Waals surface area contributed by atoms with Gasteiger partial charge in [-0.3, -0.25) is 0 Å². The second-order valence-corrected chi connectivity index (χ2v) is 6.12. The molecule has 2 rings (SSSR count).